The molecule has 0 unspecified atom stereocenters. The number of non-ortho nitro benzene ring substituents is 2. The van der Waals surface area contributed by atoms with Gasteiger partial charge in [-0.1, -0.05) is 6.92 Å². The van der Waals surface area contributed by atoms with Crippen molar-refractivity contribution in [2.24, 2.45) is 17.8 Å². The van der Waals surface area contributed by atoms with E-state index in [1.54, 1.807) is 24.0 Å². The predicted molar refractivity (Wildman–Crippen MR) is 180 cm³/mol. The highest BCUT2D eigenvalue weighted by Gasteiger charge is 2.60. The van der Waals surface area contributed by atoms with E-state index in [4.69, 9.17) is 9.47 Å². The Labute approximate surface area is 292 Å². The van der Waals surface area contributed by atoms with Crippen LogP contribution in [0.4, 0.5) is 16.2 Å². The third-order valence-corrected chi connectivity index (χ3v) is 11.6. The Morgan fingerprint density at radius 2 is 1.56 bits per heavy atom. The number of β-lactam (4-membered cyclic amide) rings is 1. The lowest BCUT2D eigenvalue weighted by atomic mass is 9.79. The first kappa shape index (κ1) is 35.3. The summed E-state index contributed by atoms with van der Waals surface area (Å²) in [5, 5.41) is 32.4. The average molecular weight is 710 g/mol. The van der Waals surface area contributed by atoms with Crippen LogP contribution in [0.3, 0.4) is 0 Å². The van der Waals surface area contributed by atoms with Crippen molar-refractivity contribution >= 4 is 41.1 Å². The van der Waals surface area contributed by atoms with E-state index >= 15 is 0 Å². The van der Waals surface area contributed by atoms with Crippen LogP contribution in [0, 0.1) is 38.0 Å². The zero-order valence-electron chi connectivity index (χ0n) is 27.9. The van der Waals surface area contributed by atoms with Crippen molar-refractivity contribution in [1.82, 2.24) is 14.7 Å². The van der Waals surface area contributed by atoms with E-state index in [-0.39, 0.29) is 59.3 Å². The van der Waals surface area contributed by atoms with Gasteiger partial charge in [-0.3, -0.25) is 25.0 Å². The average Bonchev–Trinajstić information content (AvgIpc) is 3.77. The smallest absolute Gasteiger partial charge is 0.410 e. The van der Waals surface area contributed by atoms with Crippen LogP contribution in [0.2, 0.25) is 0 Å². The van der Waals surface area contributed by atoms with Crippen LogP contribution >= 0.6 is 11.8 Å². The second kappa shape index (κ2) is 14.4. The summed E-state index contributed by atoms with van der Waals surface area (Å²) in [6, 6.07) is 10.9. The molecule has 0 spiro atoms. The lowest BCUT2D eigenvalue weighted by molar-refractivity contribution is -0.385. The van der Waals surface area contributed by atoms with Gasteiger partial charge >= 0.3 is 12.1 Å². The molecule has 0 aliphatic carbocycles. The third-order valence-electron chi connectivity index (χ3n) is 10.1. The fourth-order valence-corrected chi connectivity index (χ4v) is 9.11. The molecule has 0 bridgehead atoms. The van der Waals surface area contributed by atoms with Gasteiger partial charge in [-0.05, 0) is 74.7 Å². The molecule has 3 saturated heterocycles. The van der Waals surface area contributed by atoms with Crippen LogP contribution in [0.15, 0.2) is 59.1 Å². The van der Waals surface area contributed by atoms with Gasteiger partial charge in [-0.25, -0.2) is 9.59 Å². The Morgan fingerprint density at radius 3 is 2.08 bits per heavy atom. The molecule has 3 fully saturated rings. The molecular formula is C34H39N5O10S. The lowest BCUT2D eigenvalue weighted by Gasteiger charge is -2.46. The van der Waals surface area contributed by atoms with Crippen LogP contribution in [0.1, 0.15) is 37.8 Å². The number of amides is 2. The molecule has 4 aliphatic rings. The summed E-state index contributed by atoms with van der Waals surface area (Å²) < 4.78 is 11.4. The van der Waals surface area contributed by atoms with Gasteiger partial charge in [0, 0.05) is 59.5 Å². The summed E-state index contributed by atoms with van der Waals surface area (Å²) in [4.78, 5) is 67.7. The van der Waals surface area contributed by atoms with Crippen LogP contribution in [-0.4, -0.2) is 97.7 Å². The van der Waals surface area contributed by atoms with E-state index < -0.39 is 40.0 Å². The molecule has 2 amide bonds. The summed E-state index contributed by atoms with van der Waals surface area (Å²) in [6.45, 7) is 5.33. The van der Waals surface area contributed by atoms with Crippen molar-refractivity contribution in [2.75, 3.05) is 26.7 Å². The number of thioether (sulfide) groups is 1. The Bertz CT molecular complexity index is 1700. The highest BCUT2D eigenvalue weighted by molar-refractivity contribution is 8.03. The zero-order chi connectivity index (χ0) is 35.9. The lowest BCUT2D eigenvalue weighted by Crippen LogP contribution is -2.63. The molecule has 0 saturated carbocycles. The number of fused-ring (bicyclic) bond motifs is 1. The van der Waals surface area contributed by atoms with Gasteiger partial charge in [-0.2, -0.15) is 0 Å². The molecule has 6 rings (SSSR count). The highest BCUT2D eigenvalue weighted by atomic mass is 32.2. The number of hydrogen-bond acceptors (Lipinski definition) is 12. The fourth-order valence-electron chi connectivity index (χ4n) is 7.57. The number of hydrogen-bond donors (Lipinski definition) is 1. The van der Waals surface area contributed by atoms with Gasteiger partial charge in [0.1, 0.15) is 18.9 Å². The van der Waals surface area contributed by atoms with Gasteiger partial charge in [0.2, 0.25) is 5.91 Å². The molecule has 1 N–H and O–H groups in total. The van der Waals surface area contributed by atoms with Crippen LogP contribution in [0.25, 0.3) is 0 Å². The second-order valence-electron chi connectivity index (χ2n) is 13.5. The van der Waals surface area contributed by atoms with Crippen molar-refractivity contribution in [3.05, 3.63) is 90.5 Å². The zero-order valence-corrected chi connectivity index (χ0v) is 28.7. The van der Waals surface area contributed by atoms with E-state index in [0.29, 0.717) is 29.0 Å². The normalized spacial score (nSPS) is 26.8. The summed E-state index contributed by atoms with van der Waals surface area (Å²) in [7, 11) is 2.04. The van der Waals surface area contributed by atoms with E-state index in [2.05, 4.69) is 4.90 Å². The molecular weight excluding hydrogens is 670 g/mol. The minimum absolute atomic E-state index is 0.0468. The van der Waals surface area contributed by atoms with Gasteiger partial charge < -0.3 is 29.3 Å². The first-order valence-corrected chi connectivity index (χ1v) is 17.4. The molecule has 266 valence electrons. The first-order chi connectivity index (χ1) is 23.8. The number of nitro benzene ring substituents is 2. The van der Waals surface area contributed by atoms with Gasteiger partial charge in [0.25, 0.3) is 11.4 Å². The molecule has 7 atom stereocenters. The Kier molecular flexibility index (Phi) is 10.1. The third kappa shape index (κ3) is 6.91. The van der Waals surface area contributed by atoms with Crippen molar-refractivity contribution < 1.29 is 38.8 Å². The Hall–Kier alpha value is -4.54. The molecule has 2 aromatic rings. The Morgan fingerprint density at radius 1 is 0.980 bits per heavy atom. The van der Waals surface area contributed by atoms with Gasteiger partial charge in [0.05, 0.1) is 27.9 Å². The number of nitrogens with zero attached hydrogens (tertiary/aromatic N) is 5. The fraction of sp³-hybridized carbons (Fsp3) is 0.500. The predicted octanol–water partition coefficient (Wildman–Crippen LogP) is 4.08. The maximum atomic E-state index is 13.7. The van der Waals surface area contributed by atoms with E-state index in [1.165, 1.54) is 53.1 Å². The number of nitro groups is 2. The SMILES string of the molecule is C[C@@H](O)[C@H]1C(=O)N2C(C(=O)OCc3ccc([N+](=O)[O-])cc3)=C(S[C@H]3C[C@@H]([C@H]4CCN(C)C4)N(C(=O)OCc4ccc([N+](=O)[O-])cc4)C3)[C@H](C)[C@H]12. The van der Waals surface area contributed by atoms with Crippen molar-refractivity contribution in [3.8, 4) is 0 Å². The molecule has 4 heterocycles. The van der Waals surface area contributed by atoms with Crippen molar-refractivity contribution in [2.45, 2.75) is 63.3 Å². The number of rotatable bonds is 11. The number of esters is 1. The van der Waals surface area contributed by atoms with Crippen LogP contribution < -0.4 is 0 Å². The maximum absolute atomic E-state index is 13.7. The van der Waals surface area contributed by atoms with Gasteiger partial charge in [-0.15, -0.1) is 11.8 Å². The standard InChI is InChI=1S/C34H39N5O10S/c1-19-29-28(20(2)40)32(41)37(29)30(33(42)48-17-21-4-8-24(9-5-21)38(44)45)31(19)50-26-14-27(23-12-13-35(3)15-23)36(16-26)34(43)49-18-22-6-10-25(11-7-22)39(46)47/h4-11,19-20,23,26-29,40H,12-18H2,1-3H3/t19-,20-,23+,26+,27+,28-,29-/m1/s1. The van der Waals surface area contributed by atoms with E-state index in [1.807, 2.05) is 14.0 Å². The second-order valence-corrected chi connectivity index (χ2v) is 14.8. The number of aliphatic hydroxyl groups is 1. The molecule has 0 radical (unpaired) electrons. The van der Waals surface area contributed by atoms with Crippen molar-refractivity contribution in [3.63, 3.8) is 0 Å². The highest BCUT2D eigenvalue weighted by Crippen LogP contribution is 2.53. The minimum Gasteiger partial charge on any atom is -0.456 e. The van der Waals surface area contributed by atoms with Crippen molar-refractivity contribution in [1.29, 1.82) is 0 Å². The molecule has 4 aliphatic heterocycles. The molecule has 15 nitrogen and oxygen atoms in total. The number of ether oxygens (including phenoxy) is 2. The molecule has 2 aromatic carbocycles. The molecule has 16 heteroatoms. The number of carbonyl (C=O) groups is 3. The summed E-state index contributed by atoms with van der Waals surface area (Å²) in [5.41, 5.74) is 1.15. The number of carbonyl (C=O) groups excluding carboxylic acids is 3. The summed E-state index contributed by atoms with van der Waals surface area (Å²) >= 11 is 1.45. The largest absolute Gasteiger partial charge is 0.456 e. The van der Waals surface area contributed by atoms with Crippen LogP contribution in [-0.2, 0) is 32.3 Å². The molecule has 50 heavy (non-hydrogen) atoms. The topological polar surface area (TPSA) is 186 Å². The number of aliphatic hydroxyl groups excluding tert-OH is 1. The Balaban J connectivity index is 1.21. The van der Waals surface area contributed by atoms with Gasteiger partial charge in [0.15, 0.2) is 0 Å². The quantitative estimate of drug-likeness (QED) is 0.153. The summed E-state index contributed by atoms with van der Waals surface area (Å²) in [6.07, 6.45) is 0.138. The number of likely N-dealkylation sites (tertiary alicyclic amines) is 2. The summed E-state index contributed by atoms with van der Waals surface area (Å²) in [5.74, 6) is -1.80. The monoisotopic (exact) mass is 709 g/mol. The van der Waals surface area contributed by atoms with E-state index in [9.17, 15) is 39.7 Å². The number of benzene rings is 2. The van der Waals surface area contributed by atoms with E-state index in [0.717, 1.165) is 19.5 Å². The molecule has 0 aromatic heterocycles. The maximum Gasteiger partial charge on any atom is 0.410 e. The minimum atomic E-state index is -0.913. The first-order valence-electron chi connectivity index (χ1n) is 16.5. The van der Waals surface area contributed by atoms with Crippen LogP contribution in [0.5, 0.6) is 0 Å².